The molecule has 1 aromatic heterocycles. The maximum atomic E-state index is 4.50. The highest BCUT2D eigenvalue weighted by Crippen LogP contribution is 2.17. The lowest BCUT2D eigenvalue weighted by Gasteiger charge is -2.28. The summed E-state index contributed by atoms with van der Waals surface area (Å²) in [7, 11) is 4.22. The van der Waals surface area contributed by atoms with Crippen LogP contribution < -0.4 is 5.32 Å². The van der Waals surface area contributed by atoms with Gasteiger partial charge in [0, 0.05) is 25.8 Å². The molecule has 0 aliphatic rings. The highest BCUT2D eigenvalue weighted by molar-refractivity contribution is 5.29. The van der Waals surface area contributed by atoms with Crippen molar-refractivity contribution in [3.63, 3.8) is 0 Å². The number of hydrogen-bond acceptors (Lipinski definition) is 3. The molecule has 17 heavy (non-hydrogen) atoms. The minimum absolute atomic E-state index is 0.238. The number of aryl methyl sites for hydroxylation is 2. The third-order valence-corrected chi connectivity index (χ3v) is 2.71. The Morgan fingerprint density at radius 1 is 1.41 bits per heavy atom. The van der Waals surface area contributed by atoms with Gasteiger partial charge in [0.1, 0.15) is 0 Å². The molecule has 0 saturated carbocycles. The summed E-state index contributed by atoms with van der Waals surface area (Å²) in [6.45, 7) is 11.7. The molecule has 1 heterocycles. The highest BCUT2D eigenvalue weighted by atomic mass is 15.2. The summed E-state index contributed by atoms with van der Waals surface area (Å²) in [5, 5.41) is 3.46. The molecule has 0 amide bonds. The monoisotopic (exact) mass is 238 g/mol. The number of nitrogens with zero attached hydrogens (tertiary/aromatic N) is 3. The van der Waals surface area contributed by atoms with Crippen molar-refractivity contribution in [1.82, 2.24) is 14.5 Å². The second kappa shape index (κ2) is 5.54. The van der Waals surface area contributed by atoms with Crippen LogP contribution in [0.3, 0.4) is 0 Å². The van der Waals surface area contributed by atoms with Crippen LogP contribution in [-0.2, 0) is 6.54 Å². The molecule has 0 aliphatic carbocycles. The third kappa shape index (κ3) is 4.38. The van der Waals surface area contributed by atoms with Crippen LogP contribution in [0.4, 0.5) is 5.95 Å². The van der Waals surface area contributed by atoms with Crippen LogP contribution in [0.15, 0.2) is 6.20 Å². The van der Waals surface area contributed by atoms with E-state index in [0.717, 1.165) is 31.3 Å². The SMILES string of the molecule is CCn1cc(C)nc1NCC(C)(C)CN(C)C. The smallest absolute Gasteiger partial charge is 0.203 e. The number of rotatable bonds is 6. The second-order valence-corrected chi connectivity index (χ2v) is 5.75. The first kappa shape index (κ1) is 14.0. The van der Waals surface area contributed by atoms with E-state index >= 15 is 0 Å². The molecule has 98 valence electrons. The molecular weight excluding hydrogens is 212 g/mol. The summed E-state index contributed by atoms with van der Waals surface area (Å²) < 4.78 is 2.15. The molecule has 1 aromatic rings. The minimum Gasteiger partial charge on any atom is -0.355 e. The number of hydrogen-bond donors (Lipinski definition) is 1. The molecule has 0 spiro atoms. The van der Waals surface area contributed by atoms with E-state index in [9.17, 15) is 0 Å². The van der Waals surface area contributed by atoms with Crippen LogP contribution >= 0.6 is 0 Å². The zero-order valence-corrected chi connectivity index (χ0v) is 12.0. The molecule has 0 bridgehead atoms. The zero-order chi connectivity index (χ0) is 13.1. The number of imidazole rings is 1. The minimum atomic E-state index is 0.238. The Bertz CT molecular complexity index is 352. The Hall–Kier alpha value is -1.03. The van der Waals surface area contributed by atoms with Gasteiger partial charge in [-0.2, -0.15) is 0 Å². The predicted octanol–water partition coefficient (Wildman–Crippen LogP) is 2.21. The molecule has 4 heteroatoms. The summed E-state index contributed by atoms with van der Waals surface area (Å²) in [5.74, 6) is 0.983. The van der Waals surface area contributed by atoms with E-state index in [1.54, 1.807) is 0 Å². The number of aromatic nitrogens is 2. The molecule has 0 saturated heterocycles. The van der Waals surface area contributed by atoms with Crippen molar-refractivity contribution < 1.29 is 0 Å². The van der Waals surface area contributed by atoms with Gasteiger partial charge in [0.05, 0.1) is 5.69 Å². The van der Waals surface area contributed by atoms with Gasteiger partial charge in [-0.1, -0.05) is 13.8 Å². The molecule has 0 atom stereocenters. The largest absolute Gasteiger partial charge is 0.355 e. The standard InChI is InChI=1S/C13H26N4/c1-7-17-8-11(2)15-12(17)14-9-13(3,4)10-16(5)6/h8H,7,9-10H2,1-6H3,(H,14,15). The lowest BCUT2D eigenvalue weighted by molar-refractivity contribution is 0.253. The molecule has 0 aliphatic heterocycles. The second-order valence-electron chi connectivity index (χ2n) is 5.75. The summed E-state index contributed by atoms with van der Waals surface area (Å²) in [6.07, 6.45) is 2.08. The average Bonchev–Trinajstić information content (AvgIpc) is 2.54. The normalized spacial score (nSPS) is 12.2. The molecule has 0 fully saturated rings. The molecule has 0 unspecified atom stereocenters. The van der Waals surface area contributed by atoms with Crippen molar-refractivity contribution in [3.8, 4) is 0 Å². The summed E-state index contributed by atoms with van der Waals surface area (Å²) in [5.41, 5.74) is 1.31. The zero-order valence-electron chi connectivity index (χ0n) is 12.0. The fourth-order valence-corrected chi connectivity index (χ4v) is 2.16. The number of nitrogens with one attached hydrogen (secondary N) is 1. The Morgan fingerprint density at radius 2 is 2.06 bits per heavy atom. The quantitative estimate of drug-likeness (QED) is 0.825. The van der Waals surface area contributed by atoms with Crippen LogP contribution in [0.1, 0.15) is 26.5 Å². The first-order valence-electron chi connectivity index (χ1n) is 6.26. The molecule has 0 radical (unpaired) electrons. The Balaban J connectivity index is 2.60. The predicted molar refractivity (Wildman–Crippen MR) is 73.5 cm³/mol. The number of anilines is 1. The molecule has 0 aromatic carbocycles. The van der Waals surface area contributed by atoms with Crippen LogP contribution in [0, 0.1) is 12.3 Å². The Kier molecular flexibility index (Phi) is 4.57. The lowest BCUT2D eigenvalue weighted by atomic mass is 9.93. The van der Waals surface area contributed by atoms with Crippen molar-refractivity contribution in [2.75, 3.05) is 32.5 Å². The van der Waals surface area contributed by atoms with Gasteiger partial charge in [0.2, 0.25) is 5.95 Å². The van der Waals surface area contributed by atoms with E-state index in [2.05, 4.69) is 60.8 Å². The average molecular weight is 238 g/mol. The van der Waals surface area contributed by atoms with E-state index < -0.39 is 0 Å². The topological polar surface area (TPSA) is 33.1 Å². The molecule has 1 N–H and O–H groups in total. The van der Waals surface area contributed by atoms with Crippen LogP contribution in [0.5, 0.6) is 0 Å². The fourth-order valence-electron chi connectivity index (χ4n) is 2.16. The van der Waals surface area contributed by atoms with E-state index in [1.807, 2.05) is 6.92 Å². The summed E-state index contributed by atoms with van der Waals surface area (Å²) in [4.78, 5) is 6.72. The van der Waals surface area contributed by atoms with Gasteiger partial charge in [-0.05, 0) is 33.4 Å². The van der Waals surface area contributed by atoms with Crippen molar-refractivity contribution in [1.29, 1.82) is 0 Å². The third-order valence-electron chi connectivity index (χ3n) is 2.71. The van der Waals surface area contributed by atoms with Gasteiger partial charge in [0.15, 0.2) is 0 Å². The van der Waals surface area contributed by atoms with Gasteiger partial charge in [-0.25, -0.2) is 4.98 Å². The first-order chi connectivity index (χ1) is 7.84. The summed E-state index contributed by atoms with van der Waals surface area (Å²) in [6, 6.07) is 0. The summed E-state index contributed by atoms with van der Waals surface area (Å²) >= 11 is 0. The van der Waals surface area contributed by atoms with Gasteiger partial charge in [-0.15, -0.1) is 0 Å². The molecule has 1 rings (SSSR count). The Labute approximate surface area is 105 Å². The van der Waals surface area contributed by atoms with Crippen LogP contribution in [-0.4, -0.2) is 41.6 Å². The van der Waals surface area contributed by atoms with Gasteiger partial charge >= 0.3 is 0 Å². The van der Waals surface area contributed by atoms with Gasteiger partial charge < -0.3 is 14.8 Å². The first-order valence-corrected chi connectivity index (χ1v) is 6.26. The van der Waals surface area contributed by atoms with Gasteiger partial charge in [-0.3, -0.25) is 0 Å². The van der Waals surface area contributed by atoms with Crippen LogP contribution in [0.25, 0.3) is 0 Å². The highest BCUT2D eigenvalue weighted by Gasteiger charge is 2.19. The van der Waals surface area contributed by atoms with E-state index in [1.165, 1.54) is 0 Å². The maximum absolute atomic E-state index is 4.50. The van der Waals surface area contributed by atoms with E-state index in [-0.39, 0.29) is 5.41 Å². The van der Waals surface area contributed by atoms with Crippen molar-refractivity contribution in [3.05, 3.63) is 11.9 Å². The van der Waals surface area contributed by atoms with E-state index in [4.69, 9.17) is 0 Å². The van der Waals surface area contributed by atoms with Crippen molar-refractivity contribution >= 4 is 5.95 Å². The Morgan fingerprint density at radius 3 is 2.59 bits per heavy atom. The van der Waals surface area contributed by atoms with Gasteiger partial charge in [0.25, 0.3) is 0 Å². The van der Waals surface area contributed by atoms with Crippen molar-refractivity contribution in [2.24, 2.45) is 5.41 Å². The van der Waals surface area contributed by atoms with Crippen LogP contribution in [0.2, 0.25) is 0 Å². The van der Waals surface area contributed by atoms with E-state index in [0.29, 0.717) is 0 Å². The lowest BCUT2D eigenvalue weighted by Crippen LogP contribution is -2.34. The fraction of sp³-hybridized carbons (Fsp3) is 0.769. The maximum Gasteiger partial charge on any atom is 0.203 e. The van der Waals surface area contributed by atoms with Crippen molar-refractivity contribution in [2.45, 2.75) is 34.2 Å². The molecular formula is C13H26N4. The molecule has 4 nitrogen and oxygen atoms in total.